The number of rotatable bonds is 2. The van der Waals surface area contributed by atoms with Crippen molar-refractivity contribution in [2.45, 2.75) is 32.4 Å². The largest absolute Gasteiger partial charge is 0.376 e. The second kappa shape index (κ2) is 3.33. The fourth-order valence-corrected chi connectivity index (χ4v) is 1.60. The minimum atomic E-state index is -0.145. The van der Waals surface area contributed by atoms with Crippen molar-refractivity contribution in [1.29, 1.82) is 0 Å². The van der Waals surface area contributed by atoms with Crippen molar-refractivity contribution in [3.63, 3.8) is 0 Å². The van der Waals surface area contributed by atoms with Crippen LogP contribution in [0, 0.1) is 6.92 Å². The van der Waals surface area contributed by atoms with E-state index in [1.54, 1.807) is 4.57 Å². The maximum Gasteiger partial charge on any atom is 0.343 e. The highest BCUT2D eigenvalue weighted by Gasteiger charge is 2.17. The first-order valence-electron chi connectivity index (χ1n) is 4.51. The fourth-order valence-electron chi connectivity index (χ4n) is 1.60. The van der Waals surface area contributed by atoms with Gasteiger partial charge in [0, 0.05) is 6.61 Å². The van der Waals surface area contributed by atoms with Crippen LogP contribution in [0.1, 0.15) is 18.7 Å². The molecule has 1 fully saturated rings. The summed E-state index contributed by atoms with van der Waals surface area (Å²) in [5.74, 6) is 0.723. The summed E-state index contributed by atoms with van der Waals surface area (Å²) in [7, 11) is 0. The normalized spacial score (nSPS) is 22.4. The zero-order valence-electron chi connectivity index (χ0n) is 7.62. The first-order valence-corrected chi connectivity index (χ1v) is 4.51. The monoisotopic (exact) mass is 183 g/mol. The molecule has 1 aromatic rings. The molecule has 1 saturated heterocycles. The number of hydrogen-bond donors (Lipinski definition) is 1. The van der Waals surface area contributed by atoms with E-state index in [2.05, 4.69) is 10.2 Å². The number of nitrogens with one attached hydrogen (secondary N) is 1. The first-order chi connectivity index (χ1) is 6.27. The van der Waals surface area contributed by atoms with Crippen molar-refractivity contribution < 1.29 is 4.74 Å². The Bertz CT molecular complexity index is 335. The van der Waals surface area contributed by atoms with Gasteiger partial charge >= 0.3 is 5.69 Å². The summed E-state index contributed by atoms with van der Waals surface area (Å²) in [4.78, 5) is 11.2. The maximum absolute atomic E-state index is 11.2. The third kappa shape index (κ3) is 1.65. The van der Waals surface area contributed by atoms with Gasteiger partial charge in [-0.3, -0.25) is 4.57 Å². The van der Waals surface area contributed by atoms with Crippen molar-refractivity contribution >= 4 is 0 Å². The molecule has 0 bridgehead atoms. The van der Waals surface area contributed by atoms with E-state index in [1.807, 2.05) is 6.92 Å². The van der Waals surface area contributed by atoms with Gasteiger partial charge in [-0.05, 0) is 19.8 Å². The van der Waals surface area contributed by atoms with Gasteiger partial charge in [-0.2, -0.15) is 5.10 Å². The summed E-state index contributed by atoms with van der Waals surface area (Å²) in [5.41, 5.74) is -0.145. The number of H-pyrrole nitrogens is 1. The molecule has 0 aromatic carbocycles. The van der Waals surface area contributed by atoms with E-state index in [9.17, 15) is 4.79 Å². The van der Waals surface area contributed by atoms with Gasteiger partial charge in [0.15, 0.2) is 0 Å². The molecular formula is C8H13N3O2. The maximum atomic E-state index is 11.2. The molecule has 13 heavy (non-hydrogen) atoms. The van der Waals surface area contributed by atoms with Crippen LogP contribution in [0.25, 0.3) is 0 Å². The Morgan fingerprint density at radius 3 is 3.15 bits per heavy atom. The van der Waals surface area contributed by atoms with Crippen LogP contribution < -0.4 is 5.69 Å². The van der Waals surface area contributed by atoms with E-state index in [1.165, 1.54) is 0 Å². The highest BCUT2D eigenvalue weighted by molar-refractivity contribution is 4.83. The van der Waals surface area contributed by atoms with Crippen LogP contribution in [0.2, 0.25) is 0 Å². The molecule has 1 atom stereocenters. The number of aryl methyl sites for hydroxylation is 1. The SMILES string of the molecule is Cc1n[nH]c(=O)n1CC1CCCO1. The zero-order chi connectivity index (χ0) is 9.26. The Hall–Kier alpha value is -1.10. The van der Waals surface area contributed by atoms with Gasteiger partial charge in [0.2, 0.25) is 0 Å². The van der Waals surface area contributed by atoms with E-state index in [0.717, 1.165) is 25.3 Å². The van der Waals surface area contributed by atoms with Crippen molar-refractivity contribution in [2.75, 3.05) is 6.61 Å². The molecule has 1 N–H and O–H groups in total. The minimum Gasteiger partial charge on any atom is -0.376 e. The molecular weight excluding hydrogens is 170 g/mol. The number of aromatic nitrogens is 3. The van der Waals surface area contributed by atoms with E-state index in [-0.39, 0.29) is 11.8 Å². The van der Waals surface area contributed by atoms with Gasteiger partial charge in [-0.1, -0.05) is 0 Å². The molecule has 1 unspecified atom stereocenters. The predicted octanol–water partition coefficient (Wildman–Crippen LogP) is 0.0588. The Kier molecular flexibility index (Phi) is 2.18. The summed E-state index contributed by atoms with van der Waals surface area (Å²) < 4.78 is 7.06. The second-order valence-electron chi connectivity index (χ2n) is 3.32. The molecule has 2 rings (SSSR count). The lowest BCUT2D eigenvalue weighted by Gasteiger charge is -2.09. The molecule has 1 aromatic heterocycles. The van der Waals surface area contributed by atoms with E-state index >= 15 is 0 Å². The summed E-state index contributed by atoms with van der Waals surface area (Å²) in [6.45, 7) is 3.25. The van der Waals surface area contributed by atoms with Crippen LogP contribution in [-0.4, -0.2) is 27.5 Å². The molecule has 0 aliphatic carbocycles. The van der Waals surface area contributed by atoms with Crippen molar-refractivity contribution in [2.24, 2.45) is 0 Å². The Labute approximate surface area is 75.7 Å². The molecule has 0 spiro atoms. The van der Waals surface area contributed by atoms with E-state index in [4.69, 9.17) is 4.74 Å². The highest BCUT2D eigenvalue weighted by atomic mass is 16.5. The van der Waals surface area contributed by atoms with Crippen LogP contribution in [0.3, 0.4) is 0 Å². The number of aromatic amines is 1. The van der Waals surface area contributed by atoms with Crippen LogP contribution in [0.15, 0.2) is 4.79 Å². The summed E-state index contributed by atoms with van der Waals surface area (Å²) in [6, 6.07) is 0. The number of hydrogen-bond acceptors (Lipinski definition) is 3. The second-order valence-corrected chi connectivity index (χ2v) is 3.32. The van der Waals surface area contributed by atoms with Gasteiger partial charge in [-0.15, -0.1) is 0 Å². The average molecular weight is 183 g/mol. The quantitative estimate of drug-likeness (QED) is 0.705. The van der Waals surface area contributed by atoms with Crippen LogP contribution >= 0.6 is 0 Å². The lowest BCUT2D eigenvalue weighted by Crippen LogP contribution is -2.25. The van der Waals surface area contributed by atoms with E-state index < -0.39 is 0 Å². The van der Waals surface area contributed by atoms with Crippen LogP contribution in [0.5, 0.6) is 0 Å². The molecule has 0 saturated carbocycles. The summed E-state index contributed by atoms with van der Waals surface area (Å²) >= 11 is 0. The lowest BCUT2D eigenvalue weighted by atomic mass is 10.2. The molecule has 5 nitrogen and oxygen atoms in total. The number of nitrogens with zero attached hydrogens (tertiary/aromatic N) is 2. The van der Waals surface area contributed by atoms with Gasteiger partial charge in [0.05, 0.1) is 12.6 Å². The number of ether oxygens (including phenoxy) is 1. The summed E-state index contributed by atoms with van der Waals surface area (Å²) in [5, 5.41) is 6.24. The predicted molar refractivity (Wildman–Crippen MR) is 46.6 cm³/mol. The minimum absolute atomic E-state index is 0.145. The zero-order valence-corrected chi connectivity index (χ0v) is 7.62. The third-order valence-electron chi connectivity index (χ3n) is 2.36. The average Bonchev–Trinajstić information content (AvgIpc) is 2.70. The molecule has 72 valence electrons. The van der Waals surface area contributed by atoms with Gasteiger partial charge in [-0.25, -0.2) is 9.89 Å². The van der Waals surface area contributed by atoms with Crippen molar-refractivity contribution in [3.05, 3.63) is 16.3 Å². The topological polar surface area (TPSA) is 59.9 Å². The standard InChI is InChI=1S/C8H13N3O2/c1-6-9-10-8(12)11(6)5-7-3-2-4-13-7/h7H,2-5H2,1H3,(H,10,12). The molecule has 1 aliphatic heterocycles. The van der Waals surface area contributed by atoms with Crippen LogP contribution in [-0.2, 0) is 11.3 Å². The van der Waals surface area contributed by atoms with Crippen molar-refractivity contribution in [1.82, 2.24) is 14.8 Å². The molecule has 0 radical (unpaired) electrons. The molecule has 2 heterocycles. The molecule has 0 amide bonds. The summed E-state index contributed by atoms with van der Waals surface area (Å²) in [6.07, 6.45) is 2.32. The lowest BCUT2D eigenvalue weighted by molar-refractivity contribution is 0.0957. The third-order valence-corrected chi connectivity index (χ3v) is 2.36. The van der Waals surface area contributed by atoms with Crippen LogP contribution in [0.4, 0.5) is 0 Å². The smallest absolute Gasteiger partial charge is 0.343 e. The fraction of sp³-hybridized carbons (Fsp3) is 0.750. The Morgan fingerprint density at radius 1 is 1.77 bits per heavy atom. The Balaban J connectivity index is 2.12. The van der Waals surface area contributed by atoms with Gasteiger partial charge in [0.25, 0.3) is 0 Å². The highest BCUT2D eigenvalue weighted by Crippen LogP contribution is 2.13. The van der Waals surface area contributed by atoms with Gasteiger partial charge in [0.1, 0.15) is 5.82 Å². The van der Waals surface area contributed by atoms with Gasteiger partial charge < -0.3 is 4.74 Å². The van der Waals surface area contributed by atoms with E-state index in [0.29, 0.717) is 6.54 Å². The van der Waals surface area contributed by atoms with Crippen molar-refractivity contribution in [3.8, 4) is 0 Å². The molecule has 1 aliphatic rings. The first kappa shape index (κ1) is 8.50. The molecule has 5 heteroatoms. The Morgan fingerprint density at radius 2 is 2.62 bits per heavy atom.